The quantitative estimate of drug-likeness (QED) is 0.887. The van der Waals surface area contributed by atoms with E-state index in [0.717, 1.165) is 31.4 Å². The highest BCUT2D eigenvalue weighted by atomic mass is 19.4. The highest BCUT2D eigenvalue weighted by molar-refractivity contribution is 5.74. The van der Waals surface area contributed by atoms with Crippen LogP contribution in [0, 0.1) is 17.8 Å². The maximum absolute atomic E-state index is 12.7. The fourth-order valence-corrected chi connectivity index (χ4v) is 4.09. The predicted molar refractivity (Wildman–Crippen MR) is 85.6 cm³/mol. The summed E-state index contributed by atoms with van der Waals surface area (Å²) >= 11 is 0. The zero-order valence-electron chi connectivity index (χ0n) is 13.8. The zero-order valence-corrected chi connectivity index (χ0v) is 13.8. The first kappa shape index (κ1) is 17.1. The van der Waals surface area contributed by atoms with E-state index in [1.165, 1.54) is 18.2 Å². The van der Waals surface area contributed by atoms with Gasteiger partial charge in [0.15, 0.2) is 0 Å². The second-order valence-corrected chi connectivity index (χ2v) is 7.05. The summed E-state index contributed by atoms with van der Waals surface area (Å²) in [6.07, 6.45) is 0.604. The molecule has 6 heteroatoms. The molecule has 1 aromatic carbocycles. The van der Waals surface area contributed by atoms with Crippen molar-refractivity contribution in [2.45, 2.75) is 25.6 Å². The molecule has 2 aliphatic carbocycles. The van der Waals surface area contributed by atoms with Crippen molar-refractivity contribution >= 4 is 5.57 Å². The normalized spacial score (nSPS) is 26.6. The second kappa shape index (κ2) is 6.31. The summed E-state index contributed by atoms with van der Waals surface area (Å²) in [7, 11) is 3.93. The van der Waals surface area contributed by atoms with Gasteiger partial charge in [0.05, 0.1) is 0 Å². The van der Waals surface area contributed by atoms with E-state index in [0.29, 0.717) is 17.4 Å². The Morgan fingerprint density at radius 1 is 1.25 bits per heavy atom. The molecule has 2 aliphatic rings. The lowest BCUT2D eigenvalue weighted by Crippen LogP contribution is -2.30. The van der Waals surface area contributed by atoms with Crippen LogP contribution in [0.2, 0.25) is 0 Å². The number of hydrogen-bond donors (Lipinski definition) is 1. The highest BCUT2D eigenvalue weighted by Crippen LogP contribution is 2.50. The van der Waals surface area contributed by atoms with Gasteiger partial charge in [-0.15, -0.1) is 13.2 Å². The van der Waals surface area contributed by atoms with Gasteiger partial charge in [0, 0.05) is 12.1 Å². The summed E-state index contributed by atoms with van der Waals surface area (Å²) in [5.74, 6) is 0.734. The maximum Gasteiger partial charge on any atom is 0.573 e. The zero-order chi connectivity index (χ0) is 17.5. The molecule has 2 bridgehead atoms. The molecule has 0 saturated heterocycles. The molecule has 0 spiro atoms. The van der Waals surface area contributed by atoms with Crippen LogP contribution in [0.1, 0.15) is 24.8 Å². The molecule has 3 atom stereocenters. The van der Waals surface area contributed by atoms with E-state index in [1.807, 2.05) is 14.1 Å². The van der Waals surface area contributed by atoms with Crippen molar-refractivity contribution in [3.05, 3.63) is 29.8 Å². The van der Waals surface area contributed by atoms with Gasteiger partial charge in [0.2, 0.25) is 0 Å². The lowest BCUT2D eigenvalue weighted by Gasteiger charge is -2.33. The standard InChI is InChI=1S/C18H22F3NO2/c1-22(2)10-16-12-4-3-11(7-12)8-14(16)15-9-13(23)5-6-17(15)24-18(19,20)21/h5-6,8-9,11-12,16,23H,3-4,7,10H2,1-2H3/t11-,12+,16+/m1/s1. The van der Waals surface area contributed by atoms with E-state index < -0.39 is 6.36 Å². The minimum Gasteiger partial charge on any atom is -0.508 e. The highest BCUT2D eigenvalue weighted by Gasteiger charge is 2.39. The van der Waals surface area contributed by atoms with Crippen molar-refractivity contribution in [3.8, 4) is 11.5 Å². The monoisotopic (exact) mass is 341 g/mol. The molecule has 1 aromatic rings. The van der Waals surface area contributed by atoms with Crippen LogP contribution in [0.3, 0.4) is 0 Å². The number of halogens is 3. The van der Waals surface area contributed by atoms with Crippen LogP contribution in [-0.2, 0) is 0 Å². The van der Waals surface area contributed by atoms with Gasteiger partial charge in [-0.05, 0) is 74.9 Å². The molecule has 0 amide bonds. The summed E-state index contributed by atoms with van der Waals surface area (Å²) in [6, 6.07) is 3.81. The second-order valence-electron chi connectivity index (χ2n) is 7.05. The lowest BCUT2D eigenvalue weighted by atomic mass is 9.76. The number of nitrogens with zero attached hydrogens (tertiary/aromatic N) is 1. The van der Waals surface area contributed by atoms with E-state index in [4.69, 9.17) is 0 Å². The van der Waals surface area contributed by atoms with E-state index in [9.17, 15) is 18.3 Å². The average Bonchev–Trinajstić information content (AvgIpc) is 2.85. The first-order chi connectivity index (χ1) is 11.2. The first-order valence-corrected chi connectivity index (χ1v) is 8.18. The van der Waals surface area contributed by atoms with Crippen LogP contribution >= 0.6 is 0 Å². The van der Waals surface area contributed by atoms with Gasteiger partial charge >= 0.3 is 6.36 Å². The topological polar surface area (TPSA) is 32.7 Å². The molecule has 0 heterocycles. The molecular weight excluding hydrogens is 319 g/mol. The van der Waals surface area contributed by atoms with Crippen LogP contribution < -0.4 is 4.74 Å². The fourth-order valence-electron chi connectivity index (χ4n) is 4.09. The Hall–Kier alpha value is -1.69. The third kappa shape index (κ3) is 3.69. The van der Waals surface area contributed by atoms with Crippen molar-refractivity contribution < 1.29 is 23.0 Å². The summed E-state index contributed by atoms with van der Waals surface area (Å²) < 4.78 is 42.5. The van der Waals surface area contributed by atoms with E-state index >= 15 is 0 Å². The van der Waals surface area contributed by atoms with Gasteiger partial charge in [-0.3, -0.25) is 0 Å². The van der Waals surface area contributed by atoms with Gasteiger partial charge in [-0.1, -0.05) is 6.08 Å². The summed E-state index contributed by atoms with van der Waals surface area (Å²) in [5.41, 5.74) is 1.23. The number of benzene rings is 1. The summed E-state index contributed by atoms with van der Waals surface area (Å²) in [5, 5.41) is 9.81. The molecule has 3 nitrogen and oxygen atoms in total. The Morgan fingerprint density at radius 2 is 2.00 bits per heavy atom. The van der Waals surface area contributed by atoms with E-state index in [2.05, 4.69) is 15.7 Å². The number of phenols is 1. The fraction of sp³-hybridized carbons (Fsp3) is 0.556. The van der Waals surface area contributed by atoms with Crippen LogP contribution in [0.15, 0.2) is 24.3 Å². The maximum atomic E-state index is 12.7. The van der Waals surface area contributed by atoms with Gasteiger partial charge in [0.1, 0.15) is 11.5 Å². The first-order valence-electron chi connectivity index (χ1n) is 8.18. The minimum atomic E-state index is -4.75. The van der Waals surface area contributed by atoms with Crippen molar-refractivity contribution in [1.82, 2.24) is 4.90 Å². The molecule has 132 valence electrons. The number of alkyl halides is 3. The molecule has 3 rings (SSSR count). The Kier molecular flexibility index (Phi) is 4.51. The average molecular weight is 341 g/mol. The Labute approximate surface area is 139 Å². The number of phenolic OH excluding ortho intramolecular Hbond substituents is 1. The summed E-state index contributed by atoms with van der Waals surface area (Å²) in [4.78, 5) is 2.06. The minimum absolute atomic E-state index is 0.0538. The Balaban J connectivity index is 2.03. The molecule has 0 aliphatic heterocycles. The van der Waals surface area contributed by atoms with Crippen LogP contribution in [0.4, 0.5) is 13.2 Å². The molecule has 0 radical (unpaired) electrons. The third-order valence-corrected chi connectivity index (χ3v) is 4.96. The molecule has 1 saturated carbocycles. The Bertz CT molecular complexity index is 640. The number of fused-ring (bicyclic) bond motifs is 2. The number of allylic oxidation sites excluding steroid dienone is 1. The molecule has 0 aromatic heterocycles. The number of rotatable bonds is 4. The van der Waals surface area contributed by atoms with Crippen LogP contribution in [0.5, 0.6) is 11.5 Å². The number of ether oxygens (including phenoxy) is 1. The van der Waals surface area contributed by atoms with Crippen molar-refractivity contribution in [1.29, 1.82) is 0 Å². The predicted octanol–water partition coefficient (Wildman–Crippen LogP) is 4.28. The molecule has 1 fully saturated rings. The van der Waals surface area contributed by atoms with Gasteiger partial charge in [-0.2, -0.15) is 0 Å². The smallest absolute Gasteiger partial charge is 0.508 e. The van der Waals surface area contributed by atoms with Gasteiger partial charge in [-0.25, -0.2) is 0 Å². The molecule has 0 unspecified atom stereocenters. The van der Waals surface area contributed by atoms with Crippen molar-refractivity contribution in [2.24, 2.45) is 17.8 Å². The molecular formula is C18H22F3NO2. The molecule has 24 heavy (non-hydrogen) atoms. The largest absolute Gasteiger partial charge is 0.573 e. The van der Waals surface area contributed by atoms with Crippen molar-refractivity contribution in [2.75, 3.05) is 20.6 Å². The van der Waals surface area contributed by atoms with Crippen molar-refractivity contribution in [3.63, 3.8) is 0 Å². The van der Waals surface area contributed by atoms with E-state index in [-0.39, 0.29) is 17.4 Å². The number of hydrogen-bond acceptors (Lipinski definition) is 3. The Morgan fingerprint density at radius 3 is 2.67 bits per heavy atom. The summed E-state index contributed by atoms with van der Waals surface area (Å²) in [6.45, 7) is 0.768. The van der Waals surface area contributed by atoms with E-state index in [1.54, 1.807) is 0 Å². The van der Waals surface area contributed by atoms with Gasteiger partial charge in [0.25, 0.3) is 0 Å². The third-order valence-electron chi connectivity index (χ3n) is 4.96. The van der Waals surface area contributed by atoms with Crippen LogP contribution in [0.25, 0.3) is 5.57 Å². The molecule has 1 N–H and O–H groups in total. The lowest BCUT2D eigenvalue weighted by molar-refractivity contribution is -0.274. The van der Waals surface area contributed by atoms with Gasteiger partial charge < -0.3 is 14.7 Å². The number of aromatic hydroxyl groups is 1. The SMILES string of the molecule is CN(C)C[C@@H]1C(c2cc(O)ccc2OC(F)(F)F)=C[C@@H]2CC[C@H]1C2. The van der Waals surface area contributed by atoms with Crippen LogP contribution in [-0.4, -0.2) is 37.0 Å².